The molecule has 1 aromatic rings. The summed E-state index contributed by atoms with van der Waals surface area (Å²) in [6.45, 7) is 5.86. The number of ether oxygens (including phenoxy) is 1. The summed E-state index contributed by atoms with van der Waals surface area (Å²) >= 11 is 1.64. The van der Waals surface area contributed by atoms with Crippen molar-refractivity contribution in [2.24, 2.45) is 0 Å². The molecule has 0 bridgehead atoms. The van der Waals surface area contributed by atoms with E-state index in [1.54, 1.807) is 23.5 Å². The highest BCUT2D eigenvalue weighted by molar-refractivity contribution is 7.21. The lowest BCUT2D eigenvalue weighted by atomic mass is 10.1. The predicted octanol–water partition coefficient (Wildman–Crippen LogP) is 2.28. The van der Waals surface area contributed by atoms with Gasteiger partial charge in [-0.15, -0.1) is 11.3 Å². The monoisotopic (exact) mass is 353 g/mol. The van der Waals surface area contributed by atoms with Crippen LogP contribution in [-0.4, -0.2) is 55.3 Å². The third-order valence-corrected chi connectivity index (χ3v) is 6.23. The Labute approximate surface area is 149 Å². The van der Waals surface area contributed by atoms with Gasteiger partial charge in [0.05, 0.1) is 40.0 Å². The maximum absolute atomic E-state index is 11.6. The first kappa shape index (κ1) is 15.3. The summed E-state index contributed by atoms with van der Waals surface area (Å²) in [6, 6.07) is 12.0. The number of piperazine rings is 1. The van der Waals surface area contributed by atoms with Crippen LogP contribution in [0.5, 0.6) is 0 Å². The fourth-order valence-electron chi connectivity index (χ4n) is 3.77. The number of nitrogens with zero attached hydrogens (tertiary/aromatic N) is 3. The van der Waals surface area contributed by atoms with E-state index in [0.717, 1.165) is 60.2 Å². The van der Waals surface area contributed by atoms with Crippen molar-refractivity contribution < 1.29 is 4.74 Å². The van der Waals surface area contributed by atoms with E-state index in [2.05, 4.69) is 28.0 Å². The molecular formula is C19H19N3O2S. The van der Waals surface area contributed by atoms with Gasteiger partial charge >= 0.3 is 0 Å². The Morgan fingerprint density at radius 1 is 1.12 bits per heavy atom. The summed E-state index contributed by atoms with van der Waals surface area (Å²) in [5.74, 6) is 0. The van der Waals surface area contributed by atoms with Crippen LogP contribution in [0, 0.1) is 0 Å². The molecule has 128 valence electrons. The van der Waals surface area contributed by atoms with E-state index in [0.29, 0.717) is 6.04 Å². The molecule has 0 aromatic heterocycles. The number of fused-ring (bicyclic) bond motifs is 3. The molecule has 0 radical (unpaired) electrons. The van der Waals surface area contributed by atoms with Crippen LogP contribution in [0.3, 0.4) is 0 Å². The highest BCUT2D eigenvalue weighted by atomic mass is 32.1. The minimum Gasteiger partial charge on any atom is -0.378 e. The molecule has 6 heteroatoms. The largest absolute Gasteiger partial charge is 0.378 e. The fourth-order valence-corrected chi connectivity index (χ4v) is 4.80. The number of morpholine rings is 1. The van der Waals surface area contributed by atoms with Gasteiger partial charge in [0.2, 0.25) is 0 Å². The van der Waals surface area contributed by atoms with Crippen molar-refractivity contribution in [3.63, 3.8) is 0 Å². The second kappa shape index (κ2) is 6.05. The summed E-state index contributed by atoms with van der Waals surface area (Å²) in [5, 5.41) is 0. The van der Waals surface area contributed by atoms with E-state index in [1.165, 1.54) is 5.69 Å². The predicted molar refractivity (Wildman–Crippen MR) is 101 cm³/mol. The van der Waals surface area contributed by atoms with Gasteiger partial charge in [-0.3, -0.25) is 9.69 Å². The molecule has 0 spiro atoms. The van der Waals surface area contributed by atoms with E-state index in [-0.39, 0.29) is 5.43 Å². The molecular weight excluding hydrogens is 334 g/mol. The van der Waals surface area contributed by atoms with Crippen molar-refractivity contribution in [1.29, 1.82) is 0 Å². The normalized spacial score (nSPS) is 21.6. The molecule has 0 amide bonds. The zero-order chi connectivity index (χ0) is 16.8. The van der Waals surface area contributed by atoms with Gasteiger partial charge in [-0.05, 0) is 30.3 Å². The van der Waals surface area contributed by atoms with Crippen LogP contribution in [0.15, 0.2) is 41.2 Å². The molecule has 25 heavy (non-hydrogen) atoms. The van der Waals surface area contributed by atoms with Crippen molar-refractivity contribution in [2.75, 3.05) is 44.3 Å². The van der Waals surface area contributed by atoms with Crippen LogP contribution >= 0.6 is 11.3 Å². The average molecular weight is 353 g/mol. The standard InChI is InChI=1S/C19H19N3O2S/c23-15-2-4-17-19(10-15)25-18-9-13(1-3-16(18)20-17)22-6-5-21-7-8-24-12-14(21)11-22/h1-4,9-10,14H,5-8,11-12H2/t14-/m1/s1. The Kier molecular flexibility index (Phi) is 3.69. The highest BCUT2D eigenvalue weighted by Crippen LogP contribution is 2.32. The van der Waals surface area contributed by atoms with E-state index in [4.69, 9.17) is 9.72 Å². The number of hydrogen-bond acceptors (Lipinski definition) is 6. The number of rotatable bonds is 1. The van der Waals surface area contributed by atoms with Crippen molar-refractivity contribution in [1.82, 2.24) is 9.88 Å². The zero-order valence-electron chi connectivity index (χ0n) is 13.9. The molecule has 1 aromatic carbocycles. The molecule has 4 aliphatic rings. The average Bonchev–Trinajstić information content (AvgIpc) is 2.65. The van der Waals surface area contributed by atoms with Gasteiger partial charge in [0, 0.05) is 37.9 Å². The van der Waals surface area contributed by atoms with Crippen LogP contribution in [0.1, 0.15) is 0 Å². The van der Waals surface area contributed by atoms with Gasteiger partial charge in [0.25, 0.3) is 0 Å². The molecule has 0 unspecified atom stereocenters. The van der Waals surface area contributed by atoms with Crippen molar-refractivity contribution >= 4 is 27.2 Å². The molecule has 3 heterocycles. The highest BCUT2D eigenvalue weighted by Gasteiger charge is 2.29. The summed E-state index contributed by atoms with van der Waals surface area (Å²) in [7, 11) is 0. The minimum absolute atomic E-state index is 0.0366. The maximum atomic E-state index is 11.6. The van der Waals surface area contributed by atoms with E-state index in [1.807, 2.05) is 6.07 Å². The molecule has 1 atom stereocenters. The Hall–Kier alpha value is -2.02. The number of anilines is 1. The van der Waals surface area contributed by atoms with Gasteiger partial charge in [-0.25, -0.2) is 4.98 Å². The Balaban J connectivity index is 1.50. The van der Waals surface area contributed by atoms with Crippen molar-refractivity contribution in [3.8, 4) is 10.6 Å². The smallest absolute Gasteiger partial charge is 0.180 e. The first-order chi connectivity index (χ1) is 12.3. The van der Waals surface area contributed by atoms with Gasteiger partial charge in [0.1, 0.15) is 0 Å². The van der Waals surface area contributed by atoms with Crippen LogP contribution in [0.2, 0.25) is 0 Å². The molecule has 0 saturated carbocycles. The molecule has 2 fully saturated rings. The lowest BCUT2D eigenvalue weighted by Crippen LogP contribution is -2.58. The van der Waals surface area contributed by atoms with Gasteiger partial charge in [-0.1, -0.05) is 0 Å². The van der Waals surface area contributed by atoms with Crippen molar-refractivity contribution in [2.45, 2.75) is 6.04 Å². The van der Waals surface area contributed by atoms with Crippen molar-refractivity contribution in [3.05, 3.63) is 46.6 Å². The molecule has 2 saturated heterocycles. The van der Waals surface area contributed by atoms with Crippen LogP contribution in [-0.2, 0) is 4.74 Å². The Bertz CT molecular complexity index is 957. The molecule has 3 aliphatic heterocycles. The zero-order valence-corrected chi connectivity index (χ0v) is 14.7. The SMILES string of the molecule is O=c1ccc2nc3ccc(N4CCN5CCOC[C@H]5C4)cc3sc-2c1. The first-order valence-corrected chi connectivity index (χ1v) is 9.49. The van der Waals surface area contributed by atoms with Gasteiger partial charge < -0.3 is 9.64 Å². The summed E-state index contributed by atoms with van der Waals surface area (Å²) in [5.41, 5.74) is 3.14. The lowest BCUT2D eigenvalue weighted by Gasteiger charge is -2.44. The Morgan fingerprint density at radius 2 is 2.08 bits per heavy atom. The molecule has 1 aliphatic carbocycles. The fraction of sp³-hybridized carbons (Fsp3) is 0.368. The molecule has 5 nitrogen and oxygen atoms in total. The second-order valence-corrected chi connectivity index (χ2v) is 7.79. The van der Waals surface area contributed by atoms with Gasteiger partial charge in [-0.2, -0.15) is 0 Å². The first-order valence-electron chi connectivity index (χ1n) is 8.68. The lowest BCUT2D eigenvalue weighted by molar-refractivity contribution is -0.0116. The maximum Gasteiger partial charge on any atom is 0.180 e. The molecule has 5 rings (SSSR count). The van der Waals surface area contributed by atoms with Crippen LogP contribution in [0.4, 0.5) is 5.69 Å². The quantitative estimate of drug-likeness (QED) is 0.628. The number of aromatic nitrogens is 1. The van der Waals surface area contributed by atoms with E-state index < -0.39 is 0 Å². The third-order valence-electron chi connectivity index (χ3n) is 5.14. The third kappa shape index (κ3) is 2.80. The number of benzene rings is 2. The van der Waals surface area contributed by atoms with Crippen LogP contribution < -0.4 is 10.3 Å². The summed E-state index contributed by atoms with van der Waals surface area (Å²) in [4.78, 5) is 22.2. The van der Waals surface area contributed by atoms with E-state index in [9.17, 15) is 4.79 Å². The van der Waals surface area contributed by atoms with Crippen LogP contribution in [0.25, 0.3) is 20.8 Å². The molecule has 0 N–H and O–H groups in total. The summed E-state index contributed by atoms with van der Waals surface area (Å²) < 4.78 is 6.77. The summed E-state index contributed by atoms with van der Waals surface area (Å²) in [6.07, 6.45) is 0. The van der Waals surface area contributed by atoms with E-state index >= 15 is 0 Å². The number of hydrogen-bond donors (Lipinski definition) is 0. The minimum atomic E-state index is 0.0366. The topological polar surface area (TPSA) is 45.7 Å². The second-order valence-electron chi connectivity index (χ2n) is 6.71. The Morgan fingerprint density at radius 3 is 3.04 bits per heavy atom. The van der Waals surface area contributed by atoms with Gasteiger partial charge in [0.15, 0.2) is 5.43 Å².